The molecule has 0 atom stereocenters. The predicted octanol–water partition coefficient (Wildman–Crippen LogP) is 2.31. The van der Waals surface area contributed by atoms with Crippen molar-refractivity contribution in [2.45, 2.75) is 11.5 Å². The van der Waals surface area contributed by atoms with Crippen LogP contribution in [0.15, 0.2) is 47.4 Å². The van der Waals surface area contributed by atoms with E-state index in [2.05, 4.69) is 0 Å². The number of esters is 1. The first-order valence-corrected chi connectivity index (χ1v) is 9.14. The number of carbonyl (C=O) groups is 1. The van der Waals surface area contributed by atoms with E-state index in [1.54, 1.807) is 25.3 Å². The van der Waals surface area contributed by atoms with Gasteiger partial charge in [0.25, 0.3) is 0 Å². The first kappa shape index (κ1) is 19.7. The third-order valence-corrected chi connectivity index (χ3v) is 5.54. The van der Waals surface area contributed by atoms with Crippen molar-refractivity contribution < 1.29 is 27.4 Å². The molecular formula is C18H21NO6S. The van der Waals surface area contributed by atoms with E-state index in [4.69, 9.17) is 14.2 Å². The molecule has 0 aliphatic rings. The maximum absolute atomic E-state index is 12.2. The summed E-state index contributed by atoms with van der Waals surface area (Å²) in [5, 5.41) is 0. The zero-order valence-corrected chi connectivity index (χ0v) is 15.9. The average Bonchev–Trinajstić information content (AvgIpc) is 2.65. The molecule has 0 spiro atoms. The van der Waals surface area contributed by atoms with Crippen molar-refractivity contribution >= 4 is 16.0 Å². The van der Waals surface area contributed by atoms with Crippen LogP contribution in [0.25, 0.3) is 0 Å². The number of benzene rings is 2. The van der Waals surface area contributed by atoms with Gasteiger partial charge in [-0.3, -0.25) is 0 Å². The van der Waals surface area contributed by atoms with Crippen LogP contribution in [0.5, 0.6) is 11.5 Å². The molecule has 0 aliphatic heterocycles. The summed E-state index contributed by atoms with van der Waals surface area (Å²) in [5.74, 6) is 0.629. The van der Waals surface area contributed by atoms with Crippen molar-refractivity contribution in [2.75, 3.05) is 28.3 Å². The summed E-state index contributed by atoms with van der Waals surface area (Å²) in [6.07, 6.45) is 0. The number of methoxy groups -OCH3 is 2. The molecule has 0 fully saturated rings. The van der Waals surface area contributed by atoms with Crippen molar-refractivity contribution in [3.05, 3.63) is 53.6 Å². The van der Waals surface area contributed by atoms with Gasteiger partial charge in [0.2, 0.25) is 10.0 Å². The van der Waals surface area contributed by atoms with Crippen LogP contribution in [0.4, 0.5) is 0 Å². The monoisotopic (exact) mass is 379 g/mol. The highest BCUT2D eigenvalue weighted by Gasteiger charge is 2.18. The number of sulfonamides is 1. The molecular weight excluding hydrogens is 358 g/mol. The fourth-order valence-electron chi connectivity index (χ4n) is 2.20. The van der Waals surface area contributed by atoms with Gasteiger partial charge < -0.3 is 14.2 Å². The first-order chi connectivity index (χ1) is 12.3. The van der Waals surface area contributed by atoms with E-state index in [-0.39, 0.29) is 17.1 Å². The number of nitrogens with zero attached hydrogens (tertiary/aromatic N) is 1. The highest BCUT2D eigenvalue weighted by molar-refractivity contribution is 7.89. The topological polar surface area (TPSA) is 82.1 Å². The summed E-state index contributed by atoms with van der Waals surface area (Å²) in [6.45, 7) is -0.00302. The third-order valence-electron chi connectivity index (χ3n) is 3.71. The Balaban J connectivity index is 2.12. The molecule has 7 nitrogen and oxygen atoms in total. The maximum Gasteiger partial charge on any atom is 0.338 e. The summed E-state index contributed by atoms with van der Waals surface area (Å²) in [7, 11) is 2.41. The molecule has 140 valence electrons. The molecule has 0 amide bonds. The lowest BCUT2D eigenvalue weighted by molar-refractivity contribution is 0.0469. The SMILES string of the molecule is COc1ccc(OC)c(COC(=O)c2ccc(S(=O)(=O)N(C)C)cc2)c1. The Bertz CT molecular complexity index is 875. The van der Waals surface area contributed by atoms with E-state index in [1.165, 1.54) is 45.5 Å². The Labute approximate surface area is 153 Å². The second-order valence-electron chi connectivity index (χ2n) is 5.57. The van der Waals surface area contributed by atoms with E-state index in [1.807, 2.05) is 0 Å². The number of hydrogen-bond acceptors (Lipinski definition) is 6. The molecule has 0 saturated heterocycles. The van der Waals surface area contributed by atoms with Crippen molar-refractivity contribution in [3.63, 3.8) is 0 Å². The van der Waals surface area contributed by atoms with Crippen LogP contribution < -0.4 is 9.47 Å². The van der Waals surface area contributed by atoms with Gasteiger partial charge >= 0.3 is 5.97 Å². The minimum atomic E-state index is -3.54. The van der Waals surface area contributed by atoms with Gasteiger partial charge in [-0.05, 0) is 42.5 Å². The Hall–Kier alpha value is -2.58. The van der Waals surface area contributed by atoms with Crippen LogP contribution in [-0.4, -0.2) is 47.0 Å². The minimum Gasteiger partial charge on any atom is -0.497 e. The molecule has 0 N–H and O–H groups in total. The van der Waals surface area contributed by atoms with Crippen LogP contribution in [0.3, 0.4) is 0 Å². The van der Waals surface area contributed by atoms with Gasteiger partial charge in [-0.25, -0.2) is 17.5 Å². The van der Waals surface area contributed by atoms with Gasteiger partial charge in [0.15, 0.2) is 0 Å². The standard InChI is InChI=1S/C18H21NO6S/c1-19(2)26(21,22)16-8-5-13(6-9-16)18(20)25-12-14-11-15(23-3)7-10-17(14)24-4/h5-11H,12H2,1-4H3. The fourth-order valence-corrected chi connectivity index (χ4v) is 3.10. The predicted molar refractivity (Wildman–Crippen MR) is 96.0 cm³/mol. The highest BCUT2D eigenvalue weighted by atomic mass is 32.2. The van der Waals surface area contributed by atoms with Gasteiger partial charge in [-0.15, -0.1) is 0 Å². The normalized spacial score (nSPS) is 11.3. The Morgan fingerprint density at radius 2 is 1.65 bits per heavy atom. The molecule has 0 aliphatic carbocycles. The van der Waals surface area contributed by atoms with Gasteiger partial charge in [0.1, 0.15) is 18.1 Å². The summed E-state index contributed by atoms with van der Waals surface area (Å²) in [5.41, 5.74) is 0.913. The van der Waals surface area contributed by atoms with Gasteiger partial charge in [0, 0.05) is 19.7 Å². The quantitative estimate of drug-likeness (QED) is 0.687. The summed E-state index contributed by atoms with van der Waals surface area (Å²) >= 11 is 0. The zero-order valence-electron chi connectivity index (χ0n) is 15.1. The van der Waals surface area contributed by atoms with Gasteiger partial charge in [-0.1, -0.05) is 0 Å². The molecule has 2 aromatic carbocycles. The fraction of sp³-hybridized carbons (Fsp3) is 0.278. The van der Waals surface area contributed by atoms with Crippen molar-refractivity contribution in [1.29, 1.82) is 0 Å². The number of ether oxygens (including phenoxy) is 3. The van der Waals surface area contributed by atoms with Crippen molar-refractivity contribution in [3.8, 4) is 11.5 Å². The molecule has 0 saturated carbocycles. The molecule has 0 bridgehead atoms. The lowest BCUT2D eigenvalue weighted by Crippen LogP contribution is -2.22. The molecule has 2 aromatic rings. The van der Waals surface area contributed by atoms with Crippen LogP contribution in [0, 0.1) is 0 Å². The van der Waals surface area contributed by atoms with Crippen LogP contribution in [0.1, 0.15) is 15.9 Å². The second-order valence-corrected chi connectivity index (χ2v) is 7.72. The lowest BCUT2D eigenvalue weighted by Gasteiger charge is -2.12. The zero-order chi connectivity index (χ0) is 19.3. The number of carbonyl (C=O) groups excluding carboxylic acids is 1. The molecule has 0 unspecified atom stereocenters. The first-order valence-electron chi connectivity index (χ1n) is 7.70. The Morgan fingerprint density at radius 1 is 1.00 bits per heavy atom. The van der Waals surface area contributed by atoms with E-state index >= 15 is 0 Å². The van der Waals surface area contributed by atoms with Crippen LogP contribution in [-0.2, 0) is 21.4 Å². The molecule has 0 radical (unpaired) electrons. The van der Waals surface area contributed by atoms with E-state index in [0.717, 1.165) is 4.31 Å². The number of hydrogen-bond donors (Lipinski definition) is 0. The molecule has 0 heterocycles. The third kappa shape index (κ3) is 4.33. The lowest BCUT2D eigenvalue weighted by atomic mass is 10.2. The van der Waals surface area contributed by atoms with Gasteiger partial charge in [-0.2, -0.15) is 0 Å². The van der Waals surface area contributed by atoms with E-state index in [9.17, 15) is 13.2 Å². The van der Waals surface area contributed by atoms with Gasteiger partial charge in [0.05, 0.1) is 24.7 Å². The summed E-state index contributed by atoms with van der Waals surface area (Å²) in [6, 6.07) is 10.8. The average molecular weight is 379 g/mol. The smallest absolute Gasteiger partial charge is 0.338 e. The number of rotatable bonds is 7. The van der Waals surface area contributed by atoms with Crippen molar-refractivity contribution in [1.82, 2.24) is 4.31 Å². The Morgan fingerprint density at radius 3 is 2.19 bits per heavy atom. The second kappa shape index (κ2) is 8.20. The molecule has 26 heavy (non-hydrogen) atoms. The minimum absolute atomic E-state index is 0.00302. The summed E-state index contributed by atoms with van der Waals surface area (Å²) in [4.78, 5) is 12.3. The molecule has 0 aromatic heterocycles. The van der Waals surface area contributed by atoms with E-state index in [0.29, 0.717) is 17.1 Å². The molecule has 2 rings (SSSR count). The molecule has 8 heteroatoms. The van der Waals surface area contributed by atoms with Crippen LogP contribution in [0.2, 0.25) is 0 Å². The van der Waals surface area contributed by atoms with Crippen LogP contribution >= 0.6 is 0 Å². The maximum atomic E-state index is 12.2. The van der Waals surface area contributed by atoms with Crippen molar-refractivity contribution in [2.24, 2.45) is 0 Å². The largest absolute Gasteiger partial charge is 0.497 e. The highest BCUT2D eigenvalue weighted by Crippen LogP contribution is 2.25. The summed E-state index contributed by atoms with van der Waals surface area (Å²) < 4.78 is 40.9. The Kier molecular flexibility index (Phi) is 6.23. The van der Waals surface area contributed by atoms with E-state index < -0.39 is 16.0 Å².